The van der Waals surface area contributed by atoms with E-state index >= 15 is 0 Å². The molecule has 25 heavy (non-hydrogen) atoms. The van der Waals surface area contributed by atoms with Crippen LogP contribution in [-0.2, 0) is 6.42 Å². The van der Waals surface area contributed by atoms with E-state index in [0.717, 1.165) is 26.5 Å². The molecule has 0 spiro atoms. The zero-order chi connectivity index (χ0) is 18.1. The third-order valence-electron chi connectivity index (χ3n) is 4.07. The molecule has 0 saturated carbocycles. The summed E-state index contributed by atoms with van der Waals surface area (Å²) in [5.41, 5.74) is 3.02. The van der Waals surface area contributed by atoms with Crippen molar-refractivity contribution in [3.05, 3.63) is 58.6 Å². The monoisotopic (exact) mass is 357 g/mol. The summed E-state index contributed by atoms with van der Waals surface area (Å²) in [4.78, 5) is 12.5. The maximum Gasteiger partial charge on any atom is 0.255 e. The number of unbranched alkanes of at least 4 members (excludes halogenated alkanes) is 1. The number of hydrogen-bond acceptors (Lipinski definition) is 2. The first-order chi connectivity index (χ1) is 12.1. The van der Waals surface area contributed by atoms with Gasteiger partial charge >= 0.3 is 0 Å². The first-order valence-corrected chi connectivity index (χ1v) is 9.30. The van der Waals surface area contributed by atoms with Gasteiger partial charge in [-0.3, -0.25) is 4.79 Å². The summed E-state index contributed by atoms with van der Waals surface area (Å²) in [7, 11) is 1.03. The van der Waals surface area contributed by atoms with Gasteiger partial charge in [-0.1, -0.05) is 61.5 Å². The van der Waals surface area contributed by atoms with Crippen LogP contribution in [0.5, 0.6) is 5.75 Å². The van der Waals surface area contributed by atoms with E-state index in [1.807, 2.05) is 0 Å². The van der Waals surface area contributed by atoms with Gasteiger partial charge in [0, 0.05) is 11.6 Å². The van der Waals surface area contributed by atoms with Gasteiger partial charge in [0.25, 0.3) is 5.91 Å². The van der Waals surface area contributed by atoms with E-state index in [1.54, 1.807) is 18.2 Å². The van der Waals surface area contributed by atoms with Crippen LogP contribution in [0.25, 0.3) is 0 Å². The van der Waals surface area contributed by atoms with E-state index in [9.17, 15) is 4.79 Å². The molecule has 1 amide bonds. The van der Waals surface area contributed by atoms with Crippen LogP contribution < -0.4 is 15.5 Å². The first-order valence-electron chi connectivity index (χ1n) is 8.92. The van der Waals surface area contributed by atoms with Crippen molar-refractivity contribution >= 4 is 30.3 Å². The third kappa shape index (κ3) is 6.13. The fourth-order valence-electron chi connectivity index (χ4n) is 2.49. The lowest BCUT2D eigenvalue weighted by Crippen LogP contribution is -2.26. The Balaban J connectivity index is 1.93. The van der Waals surface area contributed by atoms with Gasteiger partial charge in [0.1, 0.15) is 5.75 Å². The highest BCUT2D eigenvalue weighted by atomic mass is 35.5. The fourth-order valence-corrected chi connectivity index (χ4v) is 2.66. The Morgan fingerprint density at radius 2 is 1.96 bits per heavy atom. The van der Waals surface area contributed by atoms with Crippen molar-refractivity contribution < 1.29 is 9.53 Å². The van der Waals surface area contributed by atoms with Crippen LogP contribution in [0.15, 0.2) is 42.5 Å². The maximum atomic E-state index is 12.5. The average molecular weight is 358 g/mol. The second-order valence-electron chi connectivity index (χ2n) is 6.02. The van der Waals surface area contributed by atoms with Crippen LogP contribution in [0.4, 0.5) is 0 Å². The van der Waals surface area contributed by atoms with Crippen LogP contribution >= 0.6 is 11.6 Å². The van der Waals surface area contributed by atoms with Gasteiger partial charge < -0.3 is 10.1 Å². The second kappa shape index (κ2) is 10.1. The van der Waals surface area contributed by atoms with Crippen molar-refractivity contribution in [3.8, 4) is 5.75 Å². The van der Waals surface area contributed by atoms with Crippen LogP contribution in [0, 0.1) is 0 Å². The minimum Gasteiger partial charge on any atom is -0.493 e. The Labute approximate surface area is 156 Å². The molecule has 0 aromatic heterocycles. The molecule has 0 atom stereocenters. The van der Waals surface area contributed by atoms with Crippen molar-refractivity contribution in [2.45, 2.75) is 33.0 Å². The Bertz CT molecular complexity index is 689. The summed E-state index contributed by atoms with van der Waals surface area (Å²) in [5, 5.41) is 3.49. The zero-order valence-corrected chi connectivity index (χ0v) is 15.7. The summed E-state index contributed by atoms with van der Waals surface area (Å²) in [6.45, 7) is 5.42. The van der Waals surface area contributed by atoms with E-state index in [-0.39, 0.29) is 5.91 Å². The van der Waals surface area contributed by atoms with E-state index in [0.29, 0.717) is 29.5 Å². The normalized spacial score (nSPS) is 10.4. The van der Waals surface area contributed by atoms with Crippen LogP contribution in [0.3, 0.4) is 0 Å². The molecule has 0 aliphatic carbocycles. The van der Waals surface area contributed by atoms with Gasteiger partial charge in [-0.2, -0.15) is 0 Å². The highest BCUT2D eigenvalue weighted by Gasteiger charge is 2.13. The molecule has 2 aromatic rings. The second-order valence-corrected chi connectivity index (χ2v) is 6.45. The molecule has 1 N–H and O–H groups in total. The minimum atomic E-state index is -0.154. The number of carbonyl (C=O) groups excluding carboxylic acids is 1. The lowest BCUT2D eigenvalue weighted by molar-refractivity contribution is 0.0950. The molecular weight excluding hydrogens is 332 g/mol. The topological polar surface area (TPSA) is 38.3 Å². The Morgan fingerprint density at radius 3 is 2.64 bits per heavy atom. The molecule has 0 aliphatic heterocycles. The van der Waals surface area contributed by atoms with E-state index < -0.39 is 0 Å². The molecule has 132 valence electrons. The maximum absolute atomic E-state index is 12.5. The zero-order valence-electron chi connectivity index (χ0n) is 15.0. The number of benzene rings is 2. The van der Waals surface area contributed by atoms with Gasteiger partial charge in [0.2, 0.25) is 0 Å². The van der Waals surface area contributed by atoms with E-state index in [4.69, 9.17) is 16.3 Å². The molecule has 0 heterocycles. The van der Waals surface area contributed by atoms with E-state index in [1.165, 1.54) is 11.0 Å². The Kier molecular flexibility index (Phi) is 7.87. The standard InChI is InChI=1S/C20H25BClNO2/c1-3-4-13-25-19-10-9-17(22)14-18(19)20(24)23-12-11-15-5-7-16(21-2)8-6-15/h5-10,14,21H,3-4,11-13H2,1-2H3,(H,23,24). The Hall–Kier alpha value is -1.94. The molecule has 0 unspecified atom stereocenters. The number of ether oxygens (including phenoxy) is 1. The molecule has 0 fully saturated rings. The SMILES string of the molecule is CBc1ccc(CCNC(=O)c2cc(Cl)ccc2OCCCC)cc1. The smallest absolute Gasteiger partial charge is 0.255 e. The Morgan fingerprint density at radius 1 is 1.20 bits per heavy atom. The number of rotatable bonds is 9. The quantitative estimate of drug-likeness (QED) is 0.550. The lowest BCUT2D eigenvalue weighted by Gasteiger charge is -2.12. The summed E-state index contributed by atoms with van der Waals surface area (Å²) < 4.78 is 5.72. The van der Waals surface area contributed by atoms with Crippen molar-refractivity contribution in [1.29, 1.82) is 0 Å². The molecule has 5 heteroatoms. The van der Waals surface area contributed by atoms with Crippen LogP contribution in [-0.4, -0.2) is 26.3 Å². The number of halogens is 1. The van der Waals surface area contributed by atoms with Gasteiger partial charge in [-0.15, -0.1) is 0 Å². The first kappa shape index (κ1) is 19.4. The third-order valence-corrected chi connectivity index (χ3v) is 4.31. The van der Waals surface area contributed by atoms with Gasteiger partial charge in [-0.25, -0.2) is 0 Å². The highest BCUT2D eigenvalue weighted by molar-refractivity contribution is 6.51. The molecular formula is C20H25BClNO2. The molecule has 3 nitrogen and oxygen atoms in total. The highest BCUT2D eigenvalue weighted by Crippen LogP contribution is 2.23. The summed E-state index contributed by atoms with van der Waals surface area (Å²) in [6, 6.07) is 13.7. The van der Waals surface area contributed by atoms with Gasteiger partial charge in [0.15, 0.2) is 7.28 Å². The van der Waals surface area contributed by atoms with Gasteiger partial charge in [-0.05, 0) is 36.6 Å². The summed E-state index contributed by atoms with van der Waals surface area (Å²) in [6.07, 6.45) is 2.80. The largest absolute Gasteiger partial charge is 0.493 e. The summed E-state index contributed by atoms with van der Waals surface area (Å²) >= 11 is 6.05. The molecule has 2 aromatic carbocycles. The lowest BCUT2D eigenvalue weighted by atomic mass is 9.73. The van der Waals surface area contributed by atoms with Crippen LogP contribution in [0.2, 0.25) is 11.8 Å². The number of carbonyl (C=O) groups is 1. The number of nitrogens with one attached hydrogen (secondary N) is 1. The fraction of sp³-hybridized carbons (Fsp3) is 0.350. The van der Waals surface area contributed by atoms with Crippen molar-refractivity contribution in [1.82, 2.24) is 5.32 Å². The molecule has 2 rings (SSSR count). The molecule has 0 bridgehead atoms. The average Bonchev–Trinajstić information content (AvgIpc) is 2.63. The molecule has 0 radical (unpaired) electrons. The van der Waals surface area contributed by atoms with Crippen molar-refractivity contribution in [3.63, 3.8) is 0 Å². The molecule has 0 saturated heterocycles. The summed E-state index contributed by atoms with van der Waals surface area (Å²) in [5.74, 6) is 0.432. The predicted octanol–water partition coefficient (Wildman–Crippen LogP) is 3.60. The van der Waals surface area contributed by atoms with Crippen molar-refractivity contribution in [2.75, 3.05) is 13.2 Å². The predicted molar refractivity (Wildman–Crippen MR) is 107 cm³/mol. The van der Waals surface area contributed by atoms with E-state index in [2.05, 4.69) is 43.3 Å². The number of hydrogen-bond donors (Lipinski definition) is 1. The van der Waals surface area contributed by atoms with Crippen LogP contribution in [0.1, 0.15) is 35.7 Å². The molecule has 0 aliphatic rings. The van der Waals surface area contributed by atoms with Crippen molar-refractivity contribution in [2.24, 2.45) is 0 Å². The number of amides is 1. The van der Waals surface area contributed by atoms with Gasteiger partial charge in [0.05, 0.1) is 12.2 Å². The minimum absolute atomic E-state index is 0.154.